The van der Waals surface area contributed by atoms with Crippen molar-refractivity contribution in [1.29, 1.82) is 0 Å². The zero-order chi connectivity index (χ0) is 22.8. The maximum absolute atomic E-state index is 11.0. The van der Waals surface area contributed by atoms with Gasteiger partial charge in [-0.2, -0.15) is 0 Å². The number of fused-ring (bicyclic) bond motifs is 1. The Kier molecular flexibility index (Phi) is 7.41. The van der Waals surface area contributed by atoms with Gasteiger partial charge in [-0.15, -0.1) is 0 Å². The molecule has 6 nitrogen and oxygen atoms in total. The quantitative estimate of drug-likeness (QED) is 0.591. The number of ether oxygens (including phenoxy) is 1. The van der Waals surface area contributed by atoms with Crippen LogP contribution in [0.3, 0.4) is 0 Å². The van der Waals surface area contributed by atoms with E-state index in [0.29, 0.717) is 28.4 Å². The van der Waals surface area contributed by atoms with Crippen molar-refractivity contribution in [2.45, 2.75) is 76.8 Å². The summed E-state index contributed by atoms with van der Waals surface area (Å²) in [7, 11) is -0.197. The molecule has 0 unspecified atom stereocenters. The molecule has 0 amide bonds. The van der Waals surface area contributed by atoms with E-state index in [9.17, 15) is 10.2 Å². The Morgan fingerprint density at radius 1 is 1.13 bits per heavy atom. The molecule has 1 fully saturated rings. The van der Waals surface area contributed by atoms with Crippen LogP contribution in [0.2, 0.25) is 18.1 Å². The zero-order valence-corrected chi connectivity index (χ0v) is 20.8. The Morgan fingerprint density at radius 2 is 1.81 bits per heavy atom. The van der Waals surface area contributed by atoms with Gasteiger partial charge in [-0.25, -0.2) is 9.97 Å². The van der Waals surface area contributed by atoms with Gasteiger partial charge in [0.1, 0.15) is 6.10 Å². The van der Waals surface area contributed by atoms with Crippen molar-refractivity contribution in [1.82, 2.24) is 9.97 Å². The number of aliphatic hydroxyl groups is 2. The van der Waals surface area contributed by atoms with Crippen LogP contribution in [0.4, 0.5) is 0 Å². The summed E-state index contributed by atoms with van der Waals surface area (Å²) in [5.41, 5.74) is 1.85. The standard InChI is InChI=1S/C24H38N2O4Si/c1-24(2,3)31(5,6)30-15-16-10-12-17(13-11-16)22(27)23(28)18-8-7-9-19-21(18)26-20(29-4)14-25-19/h7-9,14,16-17,22-23,27-28H,10-13,15H2,1-6H3/t16-,17-,22-,23-/m1/s1. The smallest absolute Gasteiger partial charge is 0.232 e. The first-order chi connectivity index (χ1) is 14.5. The number of hydrogen-bond acceptors (Lipinski definition) is 6. The molecule has 7 heteroatoms. The van der Waals surface area contributed by atoms with Crippen molar-refractivity contribution in [2.75, 3.05) is 13.7 Å². The second-order valence-electron chi connectivity index (χ2n) is 10.4. The first-order valence-electron chi connectivity index (χ1n) is 11.3. The molecule has 1 aliphatic rings. The third-order valence-corrected chi connectivity index (χ3v) is 11.8. The van der Waals surface area contributed by atoms with Crippen molar-refractivity contribution in [3.05, 3.63) is 30.0 Å². The lowest BCUT2D eigenvalue weighted by molar-refractivity contribution is -0.0337. The highest BCUT2D eigenvalue weighted by Crippen LogP contribution is 2.39. The van der Waals surface area contributed by atoms with Gasteiger partial charge in [0.25, 0.3) is 0 Å². The van der Waals surface area contributed by atoms with E-state index in [-0.39, 0.29) is 11.0 Å². The molecule has 31 heavy (non-hydrogen) atoms. The van der Waals surface area contributed by atoms with Crippen LogP contribution in [0.5, 0.6) is 5.88 Å². The zero-order valence-electron chi connectivity index (χ0n) is 19.8. The minimum atomic E-state index is -1.74. The van der Waals surface area contributed by atoms with Gasteiger partial charge in [0.15, 0.2) is 8.32 Å². The molecule has 0 bridgehead atoms. The second-order valence-corrected chi connectivity index (χ2v) is 15.2. The summed E-state index contributed by atoms with van der Waals surface area (Å²) < 4.78 is 11.6. The first kappa shape index (κ1) is 24.1. The first-order valence-corrected chi connectivity index (χ1v) is 14.2. The molecule has 0 aliphatic heterocycles. The molecule has 1 aliphatic carbocycles. The fourth-order valence-corrected chi connectivity index (χ4v) is 5.14. The topological polar surface area (TPSA) is 84.7 Å². The van der Waals surface area contributed by atoms with Crippen molar-refractivity contribution in [3.8, 4) is 5.88 Å². The molecule has 0 radical (unpaired) electrons. The van der Waals surface area contributed by atoms with Gasteiger partial charge in [-0.3, -0.25) is 0 Å². The van der Waals surface area contributed by atoms with Crippen LogP contribution in [0, 0.1) is 11.8 Å². The molecule has 172 valence electrons. The highest BCUT2D eigenvalue weighted by molar-refractivity contribution is 6.74. The van der Waals surface area contributed by atoms with E-state index < -0.39 is 20.5 Å². The maximum atomic E-state index is 11.0. The van der Waals surface area contributed by atoms with Gasteiger partial charge in [-0.05, 0) is 61.7 Å². The summed E-state index contributed by atoms with van der Waals surface area (Å²) in [5, 5.41) is 22.2. The van der Waals surface area contributed by atoms with E-state index in [0.717, 1.165) is 32.3 Å². The molecular formula is C24H38N2O4Si. The van der Waals surface area contributed by atoms with Crippen LogP contribution in [0.25, 0.3) is 11.0 Å². The number of nitrogens with zero attached hydrogens (tertiary/aromatic N) is 2. The minimum absolute atomic E-state index is 0.0629. The molecule has 2 aromatic rings. The SMILES string of the molecule is COc1cnc2cccc([C@@H](O)[C@H](O)[C@H]3CC[C@H](CO[Si](C)(C)C(C)(C)C)CC3)c2n1. The number of methoxy groups -OCH3 is 1. The van der Waals surface area contributed by atoms with Gasteiger partial charge >= 0.3 is 0 Å². The van der Waals surface area contributed by atoms with Gasteiger partial charge in [0.2, 0.25) is 5.88 Å². The Hall–Kier alpha value is -1.54. The number of rotatable bonds is 7. The third kappa shape index (κ3) is 5.45. The third-order valence-electron chi connectivity index (χ3n) is 7.29. The normalized spacial score (nSPS) is 22.3. The molecule has 0 saturated heterocycles. The summed E-state index contributed by atoms with van der Waals surface area (Å²) in [6.07, 6.45) is 3.55. The average molecular weight is 447 g/mol. The van der Waals surface area contributed by atoms with Gasteiger partial charge in [0.05, 0.1) is 30.4 Å². The van der Waals surface area contributed by atoms with Crippen LogP contribution in [0.15, 0.2) is 24.4 Å². The Labute approximate surface area is 187 Å². The summed E-state index contributed by atoms with van der Waals surface area (Å²) in [6, 6.07) is 5.49. The maximum Gasteiger partial charge on any atom is 0.232 e. The van der Waals surface area contributed by atoms with Crippen molar-refractivity contribution < 1.29 is 19.4 Å². The number of hydrogen-bond donors (Lipinski definition) is 2. The second kappa shape index (κ2) is 9.53. The molecule has 3 rings (SSSR count). The molecule has 1 heterocycles. The van der Waals surface area contributed by atoms with E-state index in [1.54, 1.807) is 6.20 Å². The van der Waals surface area contributed by atoms with Gasteiger partial charge < -0.3 is 19.4 Å². The lowest BCUT2D eigenvalue weighted by Crippen LogP contribution is -2.42. The predicted octanol–water partition coefficient (Wildman–Crippen LogP) is 4.86. The number of aliphatic hydroxyl groups excluding tert-OH is 2. The minimum Gasteiger partial charge on any atom is -0.480 e. The highest BCUT2D eigenvalue weighted by atomic mass is 28.4. The van der Waals surface area contributed by atoms with Crippen LogP contribution in [0.1, 0.15) is 58.1 Å². The molecule has 2 atom stereocenters. The van der Waals surface area contributed by atoms with E-state index in [4.69, 9.17) is 9.16 Å². The summed E-state index contributed by atoms with van der Waals surface area (Å²) >= 11 is 0. The Morgan fingerprint density at radius 3 is 2.42 bits per heavy atom. The van der Waals surface area contributed by atoms with Crippen molar-refractivity contribution in [2.24, 2.45) is 11.8 Å². The molecule has 2 N–H and O–H groups in total. The summed E-state index contributed by atoms with van der Waals surface area (Å²) in [5.74, 6) is 0.985. The molecule has 1 saturated carbocycles. The van der Waals surface area contributed by atoms with Crippen molar-refractivity contribution >= 4 is 19.4 Å². The largest absolute Gasteiger partial charge is 0.480 e. The Balaban J connectivity index is 1.62. The summed E-state index contributed by atoms with van der Waals surface area (Å²) in [4.78, 5) is 8.80. The Bertz CT molecular complexity index is 875. The average Bonchev–Trinajstić information content (AvgIpc) is 2.75. The summed E-state index contributed by atoms with van der Waals surface area (Å²) in [6.45, 7) is 12.2. The number of para-hydroxylation sites is 1. The van der Waals surface area contributed by atoms with E-state index in [1.165, 1.54) is 7.11 Å². The molecule has 1 aromatic heterocycles. The monoisotopic (exact) mass is 446 g/mol. The van der Waals surface area contributed by atoms with Crippen molar-refractivity contribution in [3.63, 3.8) is 0 Å². The molecule has 1 aromatic carbocycles. The molecule has 0 spiro atoms. The van der Waals surface area contributed by atoms with E-state index in [2.05, 4.69) is 43.8 Å². The highest BCUT2D eigenvalue weighted by Gasteiger charge is 2.38. The van der Waals surface area contributed by atoms with Crippen LogP contribution in [-0.4, -0.2) is 48.3 Å². The van der Waals surface area contributed by atoms with Gasteiger partial charge in [0, 0.05) is 12.2 Å². The van der Waals surface area contributed by atoms with E-state index >= 15 is 0 Å². The lowest BCUT2D eigenvalue weighted by atomic mass is 9.77. The fourth-order valence-electron chi connectivity index (χ4n) is 4.06. The van der Waals surface area contributed by atoms with E-state index in [1.807, 2.05) is 18.2 Å². The molecular weight excluding hydrogens is 408 g/mol. The van der Waals surface area contributed by atoms with Crippen LogP contribution >= 0.6 is 0 Å². The van der Waals surface area contributed by atoms with Crippen LogP contribution < -0.4 is 4.74 Å². The number of benzene rings is 1. The number of aromatic nitrogens is 2. The fraction of sp³-hybridized carbons (Fsp3) is 0.667. The lowest BCUT2D eigenvalue weighted by Gasteiger charge is -2.39. The van der Waals surface area contributed by atoms with Crippen LogP contribution in [-0.2, 0) is 4.43 Å². The predicted molar refractivity (Wildman–Crippen MR) is 126 cm³/mol. The van der Waals surface area contributed by atoms with Gasteiger partial charge in [-0.1, -0.05) is 32.9 Å².